The van der Waals surface area contributed by atoms with Crippen LogP contribution in [0.15, 0.2) is 47.2 Å². The van der Waals surface area contributed by atoms with E-state index < -0.39 is 12.1 Å². The maximum Gasteiger partial charge on any atom is 0.245 e. The summed E-state index contributed by atoms with van der Waals surface area (Å²) in [7, 11) is 1.57. The smallest absolute Gasteiger partial charge is 0.245 e. The second-order valence-corrected chi connectivity index (χ2v) is 5.52. The standard InChI is InChI=1S/C17H19N5O3/c1-11(22-10-6-9-18-22)17(23)20-15(16-19-12(2)25-21-16)13-7-4-5-8-14(13)24-3/h4-11,15H,1-3H3,(H,20,23)/t11-,15+/m0/s1. The molecule has 0 saturated carbocycles. The van der Waals surface area contributed by atoms with E-state index in [0.29, 0.717) is 17.5 Å². The molecule has 2 heterocycles. The predicted octanol–water partition coefficient (Wildman–Crippen LogP) is 2.05. The third-order valence-electron chi connectivity index (χ3n) is 3.84. The van der Waals surface area contributed by atoms with Gasteiger partial charge in [-0.1, -0.05) is 23.4 Å². The Labute approximate surface area is 144 Å². The number of benzene rings is 1. The first kappa shape index (κ1) is 16.7. The van der Waals surface area contributed by atoms with Gasteiger partial charge in [-0.25, -0.2) is 0 Å². The van der Waals surface area contributed by atoms with Gasteiger partial charge in [0.2, 0.25) is 11.8 Å². The Balaban J connectivity index is 1.93. The Kier molecular flexibility index (Phi) is 4.78. The molecule has 3 aromatic rings. The highest BCUT2D eigenvalue weighted by atomic mass is 16.5. The van der Waals surface area contributed by atoms with E-state index in [-0.39, 0.29) is 5.91 Å². The number of hydrogen-bond acceptors (Lipinski definition) is 6. The number of methoxy groups -OCH3 is 1. The average Bonchev–Trinajstić information content (AvgIpc) is 3.30. The Bertz CT molecular complexity index is 844. The van der Waals surface area contributed by atoms with Crippen LogP contribution in [0.1, 0.15) is 36.3 Å². The maximum atomic E-state index is 12.7. The second kappa shape index (κ2) is 7.16. The summed E-state index contributed by atoms with van der Waals surface area (Å²) >= 11 is 0. The van der Waals surface area contributed by atoms with E-state index in [1.165, 1.54) is 0 Å². The molecule has 0 unspecified atom stereocenters. The molecule has 0 aliphatic carbocycles. The first-order valence-corrected chi connectivity index (χ1v) is 7.82. The summed E-state index contributed by atoms with van der Waals surface area (Å²) in [5, 5.41) is 11.0. The molecule has 1 amide bonds. The van der Waals surface area contributed by atoms with E-state index >= 15 is 0 Å². The molecular weight excluding hydrogens is 322 g/mol. The van der Waals surface area contributed by atoms with E-state index in [0.717, 1.165) is 5.56 Å². The minimum absolute atomic E-state index is 0.220. The number of carbonyl (C=O) groups is 1. The Hall–Kier alpha value is -3.16. The van der Waals surface area contributed by atoms with Crippen LogP contribution in [0.4, 0.5) is 0 Å². The number of nitrogens with zero attached hydrogens (tertiary/aromatic N) is 4. The largest absolute Gasteiger partial charge is 0.496 e. The predicted molar refractivity (Wildman–Crippen MR) is 89.0 cm³/mol. The minimum atomic E-state index is -0.598. The number of aromatic nitrogens is 4. The van der Waals surface area contributed by atoms with Crippen LogP contribution < -0.4 is 10.1 Å². The number of nitrogens with one attached hydrogen (secondary N) is 1. The lowest BCUT2D eigenvalue weighted by Crippen LogP contribution is -2.35. The molecule has 0 saturated heterocycles. The normalized spacial score (nSPS) is 13.2. The molecule has 0 spiro atoms. The molecule has 130 valence electrons. The van der Waals surface area contributed by atoms with Gasteiger partial charge in [-0.05, 0) is 19.1 Å². The van der Waals surface area contributed by atoms with Crippen LogP contribution in [0.3, 0.4) is 0 Å². The van der Waals surface area contributed by atoms with Crippen LogP contribution in [0.25, 0.3) is 0 Å². The first-order valence-electron chi connectivity index (χ1n) is 7.82. The van der Waals surface area contributed by atoms with Gasteiger partial charge in [0.05, 0.1) is 7.11 Å². The fraction of sp³-hybridized carbons (Fsp3) is 0.294. The first-order chi connectivity index (χ1) is 12.1. The number of hydrogen-bond donors (Lipinski definition) is 1. The highest BCUT2D eigenvalue weighted by Gasteiger charge is 2.27. The number of ether oxygens (including phenoxy) is 1. The number of aryl methyl sites for hydroxylation is 1. The van der Waals surface area contributed by atoms with Gasteiger partial charge in [0, 0.05) is 24.9 Å². The second-order valence-electron chi connectivity index (χ2n) is 5.52. The van der Waals surface area contributed by atoms with Gasteiger partial charge in [0.15, 0.2) is 5.82 Å². The molecule has 8 nitrogen and oxygen atoms in total. The fourth-order valence-corrected chi connectivity index (χ4v) is 2.51. The van der Waals surface area contributed by atoms with Crippen molar-refractivity contribution in [2.75, 3.05) is 7.11 Å². The summed E-state index contributed by atoms with van der Waals surface area (Å²) < 4.78 is 12.1. The van der Waals surface area contributed by atoms with Gasteiger partial charge >= 0.3 is 0 Å². The van der Waals surface area contributed by atoms with Crippen LogP contribution in [-0.2, 0) is 4.79 Å². The van der Waals surface area contributed by atoms with Gasteiger partial charge in [-0.2, -0.15) is 10.1 Å². The molecule has 1 aromatic carbocycles. The number of rotatable bonds is 6. The average molecular weight is 341 g/mol. The topological polar surface area (TPSA) is 95.1 Å². The quantitative estimate of drug-likeness (QED) is 0.737. The Morgan fingerprint density at radius 3 is 2.76 bits per heavy atom. The molecular formula is C17H19N5O3. The summed E-state index contributed by atoms with van der Waals surface area (Å²) in [6.07, 6.45) is 3.37. The zero-order valence-electron chi connectivity index (χ0n) is 14.2. The van der Waals surface area contributed by atoms with Crippen LogP contribution in [0, 0.1) is 6.92 Å². The van der Waals surface area contributed by atoms with E-state index in [9.17, 15) is 4.79 Å². The van der Waals surface area contributed by atoms with Crippen molar-refractivity contribution in [2.24, 2.45) is 0 Å². The van der Waals surface area contributed by atoms with Gasteiger partial charge in [0.1, 0.15) is 17.8 Å². The number of para-hydroxylation sites is 1. The molecule has 0 fully saturated rings. The molecule has 0 bridgehead atoms. The lowest BCUT2D eigenvalue weighted by molar-refractivity contribution is -0.124. The van der Waals surface area contributed by atoms with Crippen molar-refractivity contribution in [3.8, 4) is 5.75 Å². The van der Waals surface area contributed by atoms with Crippen molar-refractivity contribution < 1.29 is 14.1 Å². The Morgan fingerprint density at radius 2 is 2.12 bits per heavy atom. The molecule has 0 aliphatic heterocycles. The zero-order chi connectivity index (χ0) is 17.8. The van der Waals surface area contributed by atoms with E-state index in [4.69, 9.17) is 9.26 Å². The van der Waals surface area contributed by atoms with Crippen molar-refractivity contribution in [1.82, 2.24) is 25.2 Å². The van der Waals surface area contributed by atoms with Crippen LogP contribution in [0.5, 0.6) is 5.75 Å². The highest BCUT2D eigenvalue weighted by molar-refractivity contribution is 5.80. The highest BCUT2D eigenvalue weighted by Crippen LogP contribution is 2.29. The van der Waals surface area contributed by atoms with E-state index in [1.54, 1.807) is 44.1 Å². The van der Waals surface area contributed by atoms with Crippen LogP contribution >= 0.6 is 0 Å². The number of carbonyl (C=O) groups excluding carboxylic acids is 1. The van der Waals surface area contributed by atoms with Gasteiger partial charge in [-0.15, -0.1) is 0 Å². The summed E-state index contributed by atoms with van der Waals surface area (Å²) in [5.74, 6) is 1.19. The third-order valence-corrected chi connectivity index (χ3v) is 3.84. The lowest BCUT2D eigenvalue weighted by atomic mass is 10.0. The molecule has 25 heavy (non-hydrogen) atoms. The Morgan fingerprint density at radius 1 is 1.32 bits per heavy atom. The SMILES string of the molecule is COc1ccccc1[C@@H](NC(=O)[C@H](C)n1cccn1)c1noc(C)n1. The van der Waals surface area contributed by atoms with Crippen LogP contribution in [-0.4, -0.2) is 32.9 Å². The molecule has 2 aromatic heterocycles. The third kappa shape index (κ3) is 3.52. The zero-order valence-corrected chi connectivity index (χ0v) is 14.2. The van der Waals surface area contributed by atoms with Crippen molar-refractivity contribution >= 4 is 5.91 Å². The lowest BCUT2D eigenvalue weighted by Gasteiger charge is -2.21. The molecule has 8 heteroatoms. The van der Waals surface area contributed by atoms with Crippen molar-refractivity contribution in [2.45, 2.75) is 25.9 Å². The number of amides is 1. The minimum Gasteiger partial charge on any atom is -0.496 e. The van der Waals surface area contributed by atoms with Gasteiger partial charge < -0.3 is 14.6 Å². The van der Waals surface area contributed by atoms with Crippen molar-refractivity contribution in [3.05, 3.63) is 60.0 Å². The fourth-order valence-electron chi connectivity index (χ4n) is 2.51. The maximum absolute atomic E-state index is 12.7. The van der Waals surface area contributed by atoms with E-state index in [1.807, 2.05) is 24.3 Å². The van der Waals surface area contributed by atoms with Gasteiger partial charge in [-0.3, -0.25) is 9.48 Å². The van der Waals surface area contributed by atoms with Crippen molar-refractivity contribution in [3.63, 3.8) is 0 Å². The molecule has 2 atom stereocenters. The summed E-state index contributed by atoms with van der Waals surface area (Å²) in [5.41, 5.74) is 0.742. The van der Waals surface area contributed by atoms with Crippen LogP contribution in [0.2, 0.25) is 0 Å². The summed E-state index contributed by atoms with van der Waals surface area (Å²) in [4.78, 5) is 17.0. The summed E-state index contributed by atoms with van der Waals surface area (Å²) in [6, 6.07) is 8.08. The molecule has 1 N–H and O–H groups in total. The van der Waals surface area contributed by atoms with E-state index in [2.05, 4.69) is 20.6 Å². The van der Waals surface area contributed by atoms with Gasteiger partial charge in [0.25, 0.3) is 0 Å². The van der Waals surface area contributed by atoms with Crippen molar-refractivity contribution in [1.29, 1.82) is 0 Å². The molecule has 0 radical (unpaired) electrons. The monoisotopic (exact) mass is 341 g/mol. The summed E-state index contributed by atoms with van der Waals surface area (Å²) in [6.45, 7) is 3.47. The molecule has 0 aliphatic rings. The molecule has 3 rings (SSSR count).